The molecule has 1 aliphatic heterocycles. The fourth-order valence-electron chi connectivity index (χ4n) is 3.07. The fraction of sp³-hybridized carbons (Fsp3) is 0.429. The Bertz CT molecular complexity index is 838. The van der Waals surface area contributed by atoms with Gasteiger partial charge in [-0.3, -0.25) is 4.79 Å². The molecule has 0 radical (unpaired) electrons. The number of hydrogen-bond donors (Lipinski definition) is 0. The van der Waals surface area contributed by atoms with E-state index in [2.05, 4.69) is 9.97 Å². The van der Waals surface area contributed by atoms with Gasteiger partial charge in [0.05, 0.1) is 7.11 Å². The number of anilines is 1. The van der Waals surface area contributed by atoms with Crippen molar-refractivity contribution >= 4 is 17.8 Å². The molecule has 30 heavy (non-hydrogen) atoms. The van der Waals surface area contributed by atoms with Crippen molar-refractivity contribution < 1.29 is 23.8 Å². The van der Waals surface area contributed by atoms with E-state index in [1.807, 2.05) is 4.90 Å². The number of nitrogens with zero attached hydrogens (tertiary/aromatic N) is 4. The quantitative estimate of drug-likeness (QED) is 0.630. The zero-order valence-electron chi connectivity index (χ0n) is 17.4. The minimum Gasteiger partial charge on any atom is -0.497 e. The van der Waals surface area contributed by atoms with Crippen LogP contribution in [0.4, 0.5) is 5.95 Å². The van der Waals surface area contributed by atoms with Gasteiger partial charge < -0.3 is 24.0 Å². The number of rotatable bonds is 7. The summed E-state index contributed by atoms with van der Waals surface area (Å²) in [7, 11) is 1.57. The fourth-order valence-corrected chi connectivity index (χ4v) is 3.07. The molecule has 1 amide bonds. The van der Waals surface area contributed by atoms with E-state index in [4.69, 9.17) is 14.2 Å². The topological polar surface area (TPSA) is 94.1 Å². The van der Waals surface area contributed by atoms with Crippen LogP contribution >= 0.6 is 0 Å². The second-order valence-electron chi connectivity index (χ2n) is 6.88. The molecule has 2 unspecified atom stereocenters. The van der Waals surface area contributed by atoms with Crippen molar-refractivity contribution in [3.05, 3.63) is 42.7 Å². The molecule has 2 aromatic rings. The first-order valence-electron chi connectivity index (χ1n) is 9.80. The maximum absolute atomic E-state index is 12.7. The molecule has 1 aliphatic rings. The molecule has 1 aromatic heterocycles. The number of carbonyl (C=O) groups excluding carboxylic acids is 2. The van der Waals surface area contributed by atoms with E-state index in [-0.39, 0.29) is 5.91 Å². The number of amides is 1. The lowest BCUT2D eigenvalue weighted by Crippen LogP contribution is -2.52. The summed E-state index contributed by atoms with van der Waals surface area (Å²) in [6, 6.07) is 8.64. The van der Waals surface area contributed by atoms with Crippen LogP contribution in [-0.4, -0.2) is 72.2 Å². The van der Waals surface area contributed by atoms with Gasteiger partial charge in [0.1, 0.15) is 11.5 Å². The average Bonchev–Trinajstić information content (AvgIpc) is 2.79. The molecular formula is C21H26N4O5. The minimum atomic E-state index is -0.890. The molecule has 0 saturated carbocycles. The van der Waals surface area contributed by atoms with Crippen LogP contribution in [0.25, 0.3) is 0 Å². The van der Waals surface area contributed by atoms with Crippen LogP contribution in [-0.2, 0) is 14.3 Å². The van der Waals surface area contributed by atoms with E-state index in [9.17, 15) is 9.59 Å². The van der Waals surface area contributed by atoms with Gasteiger partial charge in [0.2, 0.25) is 5.95 Å². The summed E-state index contributed by atoms with van der Waals surface area (Å²) in [5.41, 5.74) is 0. The highest BCUT2D eigenvalue weighted by molar-refractivity contribution is 5.84. The van der Waals surface area contributed by atoms with Gasteiger partial charge in [0, 0.05) is 38.6 Å². The number of methoxy groups -OCH3 is 1. The van der Waals surface area contributed by atoms with Gasteiger partial charge in [-0.05, 0) is 44.2 Å². The number of carbonyl (C=O) groups is 2. The summed E-state index contributed by atoms with van der Waals surface area (Å²) >= 11 is 0. The van der Waals surface area contributed by atoms with E-state index in [0.717, 1.165) is 0 Å². The Morgan fingerprint density at radius 2 is 1.53 bits per heavy atom. The Labute approximate surface area is 175 Å². The van der Waals surface area contributed by atoms with Crippen LogP contribution in [0.1, 0.15) is 13.8 Å². The molecule has 0 bridgehead atoms. The molecule has 0 spiro atoms. The third-order valence-corrected chi connectivity index (χ3v) is 4.77. The summed E-state index contributed by atoms with van der Waals surface area (Å²) in [6.45, 7) is 5.42. The van der Waals surface area contributed by atoms with Gasteiger partial charge >= 0.3 is 5.97 Å². The number of ether oxygens (including phenoxy) is 3. The predicted molar refractivity (Wildman–Crippen MR) is 109 cm³/mol. The highest BCUT2D eigenvalue weighted by Gasteiger charge is 2.29. The number of piperazine rings is 1. The second kappa shape index (κ2) is 9.91. The van der Waals surface area contributed by atoms with Crippen molar-refractivity contribution in [2.75, 3.05) is 38.2 Å². The summed E-state index contributed by atoms with van der Waals surface area (Å²) in [5, 5.41) is 0. The van der Waals surface area contributed by atoms with Crippen molar-refractivity contribution in [2.45, 2.75) is 26.1 Å². The lowest BCUT2D eigenvalue weighted by Gasteiger charge is -2.35. The Morgan fingerprint density at radius 1 is 0.933 bits per heavy atom. The predicted octanol–water partition coefficient (Wildman–Crippen LogP) is 1.53. The monoisotopic (exact) mass is 414 g/mol. The van der Waals surface area contributed by atoms with E-state index in [1.165, 1.54) is 0 Å². The first kappa shape index (κ1) is 21.4. The van der Waals surface area contributed by atoms with Gasteiger partial charge in [-0.15, -0.1) is 0 Å². The van der Waals surface area contributed by atoms with Crippen molar-refractivity contribution in [1.29, 1.82) is 0 Å². The maximum atomic E-state index is 12.7. The standard InChI is InChI=1S/C21H26N4O5/c1-15(30-20(27)16(2)29-18-7-5-17(28-3)6-8-18)19(26)24-11-13-25(14-12-24)21-22-9-4-10-23-21/h4-10,15-16H,11-14H2,1-3H3. The Balaban J connectivity index is 1.46. The average molecular weight is 414 g/mol. The van der Waals surface area contributed by atoms with Crippen molar-refractivity contribution in [3.63, 3.8) is 0 Å². The van der Waals surface area contributed by atoms with E-state index in [0.29, 0.717) is 43.6 Å². The van der Waals surface area contributed by atoms with Crippen LogP contribution in [0.15, 0.2) is 42.7 Å². The lowest BCUT2D eigenvalue weighted by molar-refractivity contribution is -0.164. The van der Waals surface area contributed by atoms with Crippen molar-refractivity contribution in [3.8, 4) is 11.5 Å². The zero-order valence-corrected chi connectivity index (χ0v) is 17.4. The molecule has 3 rings (SSSR count). The largest absolute Gasteiger partial charge is 0.497 e. The molecule has 9 nitrogen and oxygen atoms in total. The number of benzene rings is 1. The normalized spacial score (nSPS) is 15.8. The highest BCUT2D eigenvalue weighted by atomic mass is 16.6. The van der Waals surface area contributed by atoms with E-state index in [1.54, 1.807) is 68.6 Å². The molecule has 1 saturated heterocycles. The van der Waals surface area contributed by atoms with Gasteiger partial charge in [-0.1, -0.05) is 0 Å². The van der Waals surface area contributed by atoms with Gasteiger partial charge in [0.15, 0.2) is 12.2 Å². The molecule has 0 N–H and O–H groups in total. The first-order chi connectivity index (χ1) is 14.5. The summed E-state index contributed by atoms with van der Waals surface area (Å²) in [5.74, 6) is 1.03. The first-order valence-corrected chi connectivity index (χ1v) is 9.80. The molecule has 1 aromatic carbocycles. The van der Waals surface area contributed by atoms with Gasteiger partial charge in [-0.2, -0.15) is 0 Å². The highest BCUT2D eigenvalue weighted by Crippen LogP contribution is 2.19. The molecule has 2 atom stereocenters. The molecule has 1 fully saturated rings. The molecule has 160 valence electrons. The maximum Gasteiger partial charge on any atom is 0.347 e. The second-order valence-corrected chi connectivity index (χ2v) is 6.88. The molecule has 0 aliphatic carbocycles. The van der Waals surface area contributed by atoms with Crippen LogP contribution in [0.2, 0.25) is 0 Å². The van der Waals surface area contributed by atoms with Crippen LogP contribution in [0.3, 0.4) is 0 Å². The third kappa shape index (κ3) is 5.37. The zero-order chi connectivity index (χ0) is 21.5. The van der Waals surface area contributed by atoms with Crippen molar-refractivity contribution in [2.24, 2.45) is 0 Å². The lowest BCUT2D eigenvalue weighted by atomic mass is 10.2. The number of esters is 1. The summed E-state index contributed by atoms with van der Waals surface area (Å²) in [4.78, 5) is 37.2. The van der Waals surface area contributed by atoms with Gasteiger partial charge in [0.25, 0.3) is 5.91 Å². The number of hydrogen-bond acceptors (Lipinski definition) is 8. The SMILES string of the molecule is COc1ccc(OC(C)C(=O)OC(C)C(=O)N2CCN(c3ncccn3)CC2)cc1. The number of aromatic nitrogens is 2. The molecule has 2 heterocycles. The van der Waals surface area contributed by atoms with E-state index < -0.39 is 18.2 Å². The Hall–Kier alpha value is -3.36. The van der Waals surface area contributed by atoms with Crippen molar-refractivity contribution in [1.82, 2.24) is 14.9 Å². The Kier molecular flexibility index (Phi) is 7.05. The summed E-state index contributed by atoms with van der Waals surface area (Å²) < 4.78 is 16.0. The van der Waals surface area contributed by atoms with Crippen LogP contribution in [0, 0.1) is 0 Å². The summed E-state index contributed by atoms with van der Waals surface area (Å²) in [6.07, 6.45) is 1.65. The molecule has 9 heteroatoms. The molecular weight excluding hydrogens is 388 g/mol. The van der Waals surface area contributed by atoms with Crippen LogP contribution in [0.5, 0.6) is 11.5 Å². The van der Waals surface area contributed by atoms with Gasteiger partial charge in [-0.25, -0.2) is 14.8 Å². The van der Waals surface area contributed by atoms with Crippen LogP contribution < -0.4 is 14.4 Å². The Morgan fingerprint density at radius 3 is 2.13 bits per heavy atom. The minimum absolute atomic E-state index is 0.228. The third-order valence-electron chi connectivity index (χ3n) is 4.77. The van der Waals surface area contributed by atoms with E-state index >= 15 is 0 Å². The smallest absolute Gasteiger partial charge is 0.347 e.